The Balaban J connectivity index is 1.89. The minimum absolute atomic E-state index is 0.0296. The van der Waals surface area contributed by atoms with E-state index in [1.807, 2.05) is 52.0 Å². The average Bonchev–Trinajstić information content (AvgIpc) is 3.10. The molecule has 0 amide bonds. The molecule has 0 heterocycles. The van der Waals surface area contributed by atoms with Gasteiger partial charge in [-0.05, 0) is 88.2 Å². The quantitative estimate of drug-likeness (QED) is 0.182. The molecule has 3 aliphatic rings. The molecule has 0 aromatic carbocycles. The maximum Gasteiger partial charge on any atom is 0.302 e. The summed E-state index contributed by atoms with van der Waals surface area (Å²) in [4.78, 5) is 25.3. The lowest BCUT2D eigenvalue weighted by Gasteiger charge is -2.62. The number of Topliss-reactive ketones (excluding diaryl/α,β-unsaturated/α-hetero) is 1. The van der Waals surface area contributed by atoms with Crippen LogP contribution in [0.5, 0.6) is 0 Å². The third kappa shape index (κ3) is 5.45. The third-order valence-electron chi connectivity index (χ3n) is 10.1. The van der Waals surface area contributed by atoms with Gasteiger partial charge in [-0.25, -0.2) is 0 Å². The van der Waals surface area contributed by atoms with Crippen molar-refractivity contribution in [1.29, 1.82) is 0 Å². The Morgan fingerprint density at radius 3 is 2.35 bits per heavy atom. The molecule has 3 aliphatic carbocycles. The van der Waals surface area contributed by atoms with Gasteiger partial charge in [0.2, 0.25) is 0 Å². The molecule has 0 aliphatic heterocycles. The molecule has 7 atom stereocenters. The van der Waals surface area contributed by atoms with Gasteiger partial charge in [0.1, 0.15) is 6.10 Å². The Hall–Kier alpha value is -1.98. The van der Waals surface area contributed by atoms with Crippen LogP contribution >= 0.6 is 0 Å². The molecule has 0 spiro atoms. The Bertz CT molecular complexity index is 1030. The van der Waals surface area contributed by atoms with Crippen molar-refractivity contribution in [2.24, 2.45) is 28.1 Å². The molecule has 0 aromatic rings. The van der Waals surface area contributed by atoms with Crippen molar-refractivity contribution in [3.8, 4) is 0 Å². The van der Waals surface area contributed by atoms with Crippen LogP contribution in [-0.4, -0.2) is 40.8 Å². The highest BCUT2D eigenvalue weighted by atomic mass is 16.5. The van der Waals surface area contributed by atoms with Crippen LogP contribution in [0.1, 0.15) is 93.9 Å². The topological polar surface area (TPSA) is 83.8 Å². The lowest BCUT2D eigenvalue weighted by molar-refractivity contribution is -0.198. The Morgan fingerprint density at radius 1 is 1.08 bits per heavy atom. The van der Waals surface area contributed by atoms with E-state index in [1.165, 1.54) is 12.5 Å². The van der Waals surface area contributed by atoms with Gasteiger partial charge in [0, 0.05) is 29.7 Å². The minimum Gasteiger partial charge on any atom is -0.462 e. The minimum atomic E-state index is -0.515. The van der Waals surface area contributed by atoms with Crippen molar-refractivity contribution in [1.82, 2.24) is 0 Å². The molecule has 206 valence electrons. The van der Waals surface area contributed by atoms with Crippen molar-refractivity contribution >= 4 is 11.8 Å². The monoisotopic (exact) mass is 512 g/mol. The fourth-order valence-corrected chi connectivity index (χ4v) is 8.06. The zero-order valence-electron chi connectivity index (χ0n) is 24.2. The van der Waals surface area contributed by atoms with Gasteiger partial charge in [-0.1, -0.05) is 50.6 Å². The molecule has 3 fully saturated rings. The van der Waals surface area contributed by atoms with E-state index >= 15 is 0 Å². The van der Waals surface area contributed by atoms with Crippen molar-refractivity contribution < 1.29 is 24.5 Å². The Morgan fingerprint density at radius 2 is 1.76 bits per heavy atom. The summed E-state index contributed by atoms with van der Waals surface area (Å²) in [6.45, 7) is 16.0. The Kier molecular flexibility index (Phi) is 8.81. The van der Waals surface area contributed by atoms with Crippen molar-refractivity contribution in [2.75, 3.05) is 6.61 Å². The first-order chi connectivity index (χ1) is 17.2. The second kappa shape index (κ2) is 11.0. The number of hydrogen-bond donors (Lipinski definition) is 2. The summed E-state index contributed by atoms with van der Waals surface area (Å²) in [5.41, 5.74) is 3.18. The summed E-state index contributed by atoms with van der Waals surface area (Å²) in [7, 11) is 0. The number of ether oxygens (including phenoxy) is 1. The fraction of sp³-hybridized carbons (Fsp3) is 0.688. The summed E-state index contributed by atoms with van der Waals surface area (Å²) in [5.74, 6) is 0.300. The zero-order valence-corrected chi connectivity index (χ0v) is 24.2. The van der Waals surface area contributed by atoms with Crippen LogP contribution in [-0.2, 0) is 14.3 Å². The molecule has 5 heteroatoms. The van der Waals surface area contributed by atoms with E-state index in [0.29, 0.717) is 19.3 Å². The predicted octanol–water partition coefficient (Wildman–Crippen LogP) is 6.26. The summed E-state index contributed by atoms with van der Waals surface area (Å²) >= 11 is 0. The maximum absolute atomic E-state index is 13.5. The van der Waals surface area contributed by atoms with Crippen molar-refractivity contribution in [2.45, 2.75) is 106 Å². The van der Waals surface area contributed by atoms with E-state index < -0.39 is 11.5 Å². The predicted molar refractivity (Wildman–Crippen MR) is 148 cm³/mol. The highest BCUT2D eigenvalue weighted by molar-refractivity contribution is 6.00. The van der Waals surface area contributed by atoms with Gasteiger partial charge >= 0.3 is 5.97 Å². The van der Waals surface area contributed by atoms with E-state index in [-0.39, 0.29) is 47.1 Å². The third-order valence-corrected chi connectivity index (χ3v) is 10.1. The van der Waals surface area contributed by atoms with E-state index in [9.17, 15) is 19.8 Å². The number of fused-ring (bicyclic) bond motifs is 3. The summed E-state index contributed by atoms with van der Waals surface area (Å²) < 4.78 is 5.71. The number of aliphatic hydroxyl groups is 2. The molecule has 1 unspecified atom stereocenters. The maximum atomic E-state index is 13.5. The van der Waals surface area contributed by atoms with E-state index in [4.69, 9.17) is 4.74 Å². The molecule has 5 nitrogen and oxygen atoms in total. The zero-order chi connectivity index (χ0) is 27.8. The number of carbonyl (C=O) groups excluding carboxylic acids is 2. The summed E-state index contributed by atoms with van der Waals surface area (Å²) in [5, 5.41) is 20.9. The number of hydrogen-bond acceptors (Lipinski definition) is 5. The van der Waals surface area contributed by atoms with Gasteiger partial charge in [-0.2, -0.15) is 0 Å². The standard InChI is InChI=1S/C32H48O5/c1-20(2)12-13-24(35)21(3)10-9-11-22(4)29-25(36)18-27-30(6)17-15-28(37-23(5)34)32(8,19-33)26(30)14-16-31(27,29)7/h9-12,24,26-28,33,35H,13-19H2,1-8H3/b11-9+,21-10+,29-22+/t24-,26+,27-,28-,30-,31-,32?/m0/s1. The lowest BCUT2D eigenvalue weighted by atomic mass is 9.43. The van der Waals surface area contributed by atoms with Gasteiger partial charge in [-0.3, -0.25) is 9.59 Å². The number of ketones is 1. The van der Waals surface area contributed by atoms with Gasteiger partial charge < -0.3 is 14.9 Å². The highest BCUT2D eigenvalue weighted by Crippen LogP contribution is 2.69. The van der Waals surface area contributed by atoms with Crippen LogP contribution < -0.4 is 0 Å². The van der Waals surface area contributed by atoms with Crippen molar-refractivity contribution in [3.63, 3.8) is 0 Å². The summed E-state index contributed by atoms with van der Waals surface area (Å²) in [6, 6.07) is 0. The van der Waals surface area contributed by atoms with Crippen LogP contribution in [0.25, 0.3) is 0 Å². The molecular formula is C32H48O5. The van der Waals surface area contributed by atoms with Crippen LogP contribution in [0.2, 0.25) is 0 Å². The van der Waals surface area contributed by atoms with E-state index in [2.05, 4.69) is 20.8 Å². The molecule has 0 radical (unpaired) electrons. The largest absolute Gasteiger partial charge is 0.462 e. The molecule has 3 rings (SSSR count). The van der Waals surface area contributed by atoms with Gasteiger partial charge in [0.25, 0.3) is 0 Å². The van der Waals surface area contributed by atoms with Crippen LogP contribution in [0, 0.1) is 28.1 Å². The highest BCUT2D eigenvalue weighted by Gasteiger charge is 2.66. The second-order valence-corrected chi connectivity index (χ2v) is 12.9. The number of aliphatic hydroxyl groups excluding tert-OH is 2. The Labute approximate surface area is 223 Å². The fourth-order valence-electron chi connectivity index (χ4n) is 8.06. The number of rotatable bonds is 7. The number of carbonyl (C=O) groups is 2. The second-order valence-electron chi connectivity index (χ2n) is 12.9. The normalized spacial score (nSPS) is 38.2. The van der Waals surface area contributed by atoms with E-state index in [0.717, 1.165) is 36.0 Å². The number of allylic oxidation sites excluding steroid dienone is 6. The molecular weight excluding hydrogens is 464 g/mol. The molecule has 37 heavy (non-hydrogen) atoms. The first-order valence-corrected chi connectivity index (χ1v) is 13.9. The van der Waals surface area contributed by atoms with Gasteiger partial charge in [0.05, 0.1) is 12.7 Å². The van der Waals surface area contributed by atoms with Crippen molar-refractivity contribution in [3.05, 3.63) is 46.6 Å². The van der Waals surface area contributed by atoms with Gasteiger partial charge in [0.15, 0.2) is 5.78 Å². The first-order valence-electron chi connectivity index (χ1n) is 13.9. The summed E-state index contributed by atoms with van der Waals surface area (Å²) in [6.07, 6.45) is 11.6. The average molecular weight is 513 g/mol. The number of esters is 1. The van der Waals surface area contributed by atoms with Crippen LogP contribution in [0.15, 0.2) is 46.6 Å². The van der Waals surface area contributed by atoms with Crippen LogP contribution in [0.3, 0.4) is 0 Å². The molecule has 2 N–H and O–H groups in total. The molecule has 3 saturated carbocycles. The smallest absolute Gasteiger partial charge is 0.302 e. The van der Waals surface area contributed by atoms with E-state index in [1.54, 1.807) is 0 Å². The van der Waals surface area contributed by atoms with Crippen LogP contribution in [0.4, 0.5) is 0 Å². The molecule has 0 saturated heterocycles. The SMILES string of the molecule is CC(=O)O[C@H]1CC[C@@]2(C)[C@@H](CC[C@]3(C)/C(=C(C)/C=C/C=C(\C)[C@@H](O)CC=C(C)C)C(=O)C[C@@H]23)C1(C)CO. The van der Waals surface area contributed by atoms with Gasteiger partial charge in [-0.15, -0.1) is 0 Å². The molecule has 0 bridgehead atoms. The first kappa shape index (κ1) is 29.6. The molecule has 0 aromatic heterocycles. The lowest BCUT2D eigenvalue weighted by Crippen LogP contribution is -2.60.